The third kappa shape index (κ3) is 2.26. The zero-order chi connectivity index (χ0) is 11.8. The van der Waals surface area contributed by atoms with Gasteiger partial charge in [0.1, 0.15) is 0 Å². The Morgan fingerprint density at radius 1 is 1.38 bits per heavy atom. The summed E-state index contributed by atoms with van der Waals surface area (Å²) in [7, 11) is -3.69. The van der Waals surface area contributed by atoms with Crippen LogP contribution in [0.15, 0.2) is 23.1 Å². The molecular weight excluding hydrogens is 228 g/mol. The molecule has 0 amide bonds. The summed E-state index contributed by atoms with van der Waals surface area (Å²) in [6.45, 7) is 4.23. The van der Waals surface area contributed by atoms with Crippen molar-refractivity contribution in [2.75, 3.05) is 6.61 Å². The molecule has 2 rings (SSSR count). The van der Waals surface area contributed by atoms with E-state index in [9.17, 15) is 8.42 Å². The minimum atomic E-state index is -3.69. The summed E-state index contributed by atoms with van der Waals surface area (Å²) in [4.78, 5) is 0.216. The van der Waals surface area contributed by atoms with E-state index in [-0.39, 0.29) is 4.90 Å². The van der Waals surface area contributed by atoms with Crippen LogP contribution in [0.25, 0.3) is 0 Å². The van der Waals surface area contributed by atoms with Crippen LogP contribution in [-0.2, 0) is 19.0 Å². The van der Waals surface area contributed by atoms with Crippen molar-refractivity contribution in [2.24, 2.45) is 0 Å². The number of hydrogen-bond donors (Lipinski definition) is 0. The molecule has 1 heterocycles. The molecular formula is C11H14O4S. The van der Waals surface area contributed by atoms with Crippen LogP contribution in [0.4, 0.5) is 0 Å². The number of rotatable bonds is 3. The molecule has 1 unspecified atom stereocenters. The summed E-state index contributed by atoms with van der Waals surface area (Å²) >= 11 is 0. The lowest BCUT2D eigenvalue weighted by Gasteiger charge is -2.25. The molecule has 4 nitrogen and oxygen atoms in total. The first-order valence-electron chi connectivity index (χ1n) is 5.11. The first-order valence-corrected chi connectivity index (χ1v) is 6.52. The molecule has 0 aromatic heterocycles. The highest BCUT2D eigenvalue weighted by Gasteiger charge is 2.28. The Morgan fingerprint density at radius 3 is 2.56 bits per heavy atom. The second kappa shape index (κ2) is 4.16. The maximum Gasteiger partial charge on any atom is 0.299 e. The van der Waals surface area contributed by atoms with Crippen molar-refractivity contribution in [3.8, 4) is 0 Å². The van der Waals surface area contributed by atoms with E-state index in [2.05, 4.69) is 0 Å². The van der Waals surface area contributed by atoms with Crippen LogP contribution in [0, 0.1) is 13.8 Å². The van der Waals surface area contributed by atoms with Crippen LogP contribution in [0.5, 0.6) is 0 Å². The third-order valence-corrected chi connectivity index (χ3v) is 3.96. The molecule has 0 radical (unpaired) electrons. The van der Waals surface area contributed by atoms with Gasteiger partial charge in [-0.3, -0.25) is 0 Å². The fraction of sp³-hybridized carbons (Fsp3) is 0.455. The van der Waals surface area contributed by atoms with Crippen molar-refractivity contribution in [1.29, 1.82) is 0 Å². The first kappa shape index (κ1) is 11.6. The van der Waals surface area contributed by atoms with E-state index in [1.165, 1.54) is 0 Å². The van der Waals surface area contributed by atoms with Gasteiger partial charge in [0.15, 0.2) is 6.29 Å². The molecule has 16 heavy (non-hydrogen) atoms. The van der Waals surface area contributed by atoms with Gasteiger partial charge in [0.2, 0.25) is 0 Å². The Kier molecular flexibility index (Phi) is 3.01. The number of ether oxygens (including phenoxy) is 1. The quantitative estimate of drug-likeness (QED) is 0.758. The molecule has 1 saturated heterocycles. The molecule has 1 fully saturated rings. The molecule has 88 valence electrons. The largest absolute Gasteiger partial charge is 0.351 e. The van der Waals surface area contributed by atoms with Crippen molar-refractivity contribution >= 4 is 10.1 Å². The minimum Gasteiger partial charge on any atom is -0.351 e. The molecule has 0 bridgehead atoms. The monoisotopic (exact) mass is 242 g/mol. The van der Waals surface area contributed by atoms with E-state index in [1.54, 1.807) is 19.1 Å². The summed E-state index contributed by atoms with van der Waals surface area (Å²) in [5.74, 6) is 0. The molecule has 1 aromatic rings. The lowest BCUT2D eigenvalue weighted by molar-refractivity contribution is -0.162. The van der Waals surface area contributed by atoms with Crippen molar-refractivity contribution in [2.45, 2.75) is 31.5 Å². The fourth-order valence-corrected chi connectivity index (χ4v) is 2.79. The molecule has 1 atom stereocenters. The highest BCUT2D eigenvalue weighted by Crippen LogP contribution is 2.23. The maximum atomic E-state index is 11.9. The van der Waals surface area contributed by atoms with Crippen LogP contribution >= 0.6 is 0 Å². The lowest BCUT2D eigenvalue weighted by atomic mass is 10.2. The van der Waals surface area contributed by atoms with E-state index >= 15 is 0 Å². The minimum absolute atomic E-state index is 0.216. The van der Waals surface area contributed by atoms with E-state index in [4.69, 9.17) is 8.92 Å². The van der Waals surface area contributed by atoms with E-state index in [0.717, 1.165) is 5.56 Å². The fourth-order valence-electron chi connectivity index (χ4n) is 1.56. The molecule has 0 saturated carbocycles. The average Bonchev–Trinajstić information content (AvgIpc) is 2.11. The van der Waals surface area contributed by atoms with Gasteiger partial charge in [0.05, 0.1) is 11.5 Å². The van der Waals surface area contributed by atoms with Crippen LogP contribution in [-0.4, -0.2) is 21.3 Å². The van der Waals surface area contributed by atoms with Crippen molar-refractivity contribution < 1.29 is 17.3 Å². The standard InChI is InChI=1S/C11H14O4S/c1-8-3-4-10(9(2)7-8)16(12,13)15-11-5-6-14-11/h3-4,7,11H,5-6H2,1-2H3. The Balaban J connectivity index is 2.27. The summed E-state index contributed by atoms with van der Waals surface area (Å²) < 4.78 is 33.6. The van der Waals surface area contributed by atoms with Crippen LogP contribution in [0.3, 0.4) is 0 Å². The molecule has 1 aliphatic heterocycles. The number of benzene rings is 1. The number of aryl methyl sites for hydroxylation is 2. The van der Waals surface area contributed by atoms with Crippen LogP contribution in [0.2, 0.25) is 0 Å². The molecule has 1 aliphatic rings. The predicted molar refractivity (Wildman–Crippen MR) is 58.5 cm³/mol. The SMILES string of the molecule is Cc1ccc(S(=O)(=O)OC2CCO2)c(C)c1. The van der Waals surface area contributed by atoms with Gasteiger partial charge in [-0.1, -0.05) is 17.7 Å². The smallest absolute Gasteiger partial charge is 0.299 e. The molecule has 0 aliphatic carbocycles. The van der Waals surface area contributed by atoms with Crippen molar-refractivity contribution in [1.82, 2.24) is 0 Å². The van der Waals surface area contributed by atoms with Gasteiger partial charge in [-0.05, 0) is 25.5 Å². The predicted octanol–water partition coefficient (Wildman–Crippen LogP) is 1.76. The van der Waals surface area contributed by atoms with Gasteiger partial charge < -0.3 is 4.74 Å². The highest BCUT2D eigenvalue weighted by molar-refractivity contribution is 7.86. The van der Waals surface area contributed by atoms with Gasteiger partial charge in [-0.15, -0.1) is 0 Å². The summed E-state index contributed by atoms with van der Waals surface area (Å²) in [5, 5.41) is 0. The average molecular weight is 242 g/mol. The Morgan fingerprint density at radius 2 is 2.06 bits per heavy atom. The summed E-state index contributed by atoms with van der Waals surface area (Å²) in [6, 6.07) is 5.14. The van der Waals surface area contributed by atoms with E-state index in [0.29, 0.717) is 18.6 Å². The Hall–Kier alpha value is -0.910. The number of hydrogen-bond acceptors (Lipinski definition) is 4. The lowest BCUT2D eigenvalue weighted by Crippen LogP contribution is -2.32. The normalized spacial score (nSPS) is 20.5. The highest BCUT2D eigenvalue weighted by atomic mass is 32.2. The zero-order valence-electron chi connectivity index (χ0n) is 9.26. The van der Waals surface area contributed by atoms with Crippen molar-refractivity contribution in [3.63, 3.8) is 0 Å². The van der Waals surface area contributed by atoms with Crippen LogP contribution < -0.4 is 0 Å². The molecule has 0 N–H and O–H groups in total. The Bertz CT molecular complexity index is 489. The van der Waals surface area contributed by atoms with Gasteiger partial charge in [-0.25, -0.2) is 4.18 Å². The summed E-state index contributed by atoms with van der Waals surface area (Å²) in [5.41, 5.74) is 1.72. The maximum absolute atomic E-state index is 11.9. The second-order valence-corrected chi connectivity index (χ2v) is 5.45. The molecule has 5 heteroatoms. The van der Waals surface area contributed by atoms with Gasteiger partial charge >= 0.3 is 0 Å². The topological polar surface area (TPSA) is 52.6 Å². The Labute approximate surface area is 95.3 Å². The third-order valence-electron chi connectivity index (χ3n) is 2.49. The molecule has 1 aromatic carbocycles. The van der Waals surface area contributed by atoms with E-state index < -0.39 is 16.4 Å². The second-order valence-electron chi connectivity index (χ2n) is 3.91. The zero-order valence-corrected chi connectivity index (χ0v) is 10.1. The van der Waals surface area contributed by atoms with Gasteiger partial charge in [0, 0.05) is 6.42 Å². The summed E-state index contributed by atoms with van der Waals surface area (Å²) in [6.07, 6.45) is 0.0233. The molecule has 0 spiro atoms. The van der Waals surface area contributed by atoms with Crippen LogP contribution in [0.1, 0.15) is 17.5 Å². The first-order chi connectivity index (χ1) is 7.49. The van der Waals surface area contributed by atoms with E-state index in [1.807, 2.05) is 13.0 Å². The van der Waals surface area contributed by atoms with Crippen molar-refractivity contribution in [3.05, 3.63) is 29.3 Å². The van der Waals surface area contributed by atoms with Gasteiger partial charge in [0.25, 0.3) is 10.1 Å². The van der Waals surface area contributed by atoms with Gasteiger partial charge in [-0.2, -0.15) is 8.42 Å².